The van der Waals surface area contributed by atoms with Crippen LogP contribution >= 0.6 is 11.6 Å². The topological polar surface area (TPSA) is 59.6 Å². The molecule has 0 heterocycles. The lowest BCUT2D eigenvalue weighted by atomic mass is 10.1. The minimum Gasteiger partial charge on any atom is -0.493 e. The van der Waals surface area contributed by atoms with E-state index in [4.69, 9.17) is 21.1 Å². The molecule has 0 bridgehead atoms. The minimum absolute atomic E-state index is 0.0138. The molecule has 0 saturated carbocycles. The largest absolute Gasteiger partial charge is 0.493 e. The number of ether oxygens (including phenoxy) is 2. The van der Waals surface area contributed by atoms with E-state index in [1.54, 1.807) is 7.11 Å². The zero-order valence-corrected chi connectivity index (χ0v) is 20.3. The highest BCUT2D eigenvalue weighted by Gasteiger charge is 2.13. The summed E-state index contributed by atoms with van der Waals surface area (Å²) in [5, 5.41) is 6.81. The van der Waals surface area contributed by atoms with Crippen LogP contribution in [0.15, 0.2) is 60.7 Å². The van der Waals surface area contributed by atoms with E-state index in [2.05, 4.69) is 23.6 Å². The molecule has 2 N–H and O–H groups in total. The number of amides is 1. The van der Waals surface area contributed by atoms with Crippen LogP contribution < -0.4 is 20.1 Å². The summed E-state index contributed by atoms with van der Waals surface area (Å²) in [5.41, 5.74) is 4.88. The normalized spacial score (nSPS) is 10.7. The predicted octanol–water partition coefficient (Wildman–Crippen LogP) is 6.83. The molecule has 0 atom stereocenters. The van der Waals surface area contributed by atoms with Gasteiger partial charge in [0.2, 0.25) is 5.91 Å². The highest BCUT2D eigenvalue weighted by atomic mass is 35.5. The Kier molecular flexibility index (Phi) is 8.61. The van der Waals surface area contributed by atoms with E-state index < -0.39 is 0 Å². The smallest absolute Gasteiger partial charge is 0.224 e. The SMILES string of the molecule is COc1cc(CNc2cccc(NC(=O)CC(C)C)c2)cc(Cl)c1OCc1ccccc1C. The highest BCUT2D eigenvalue weighted by molar-refractivity contribution is 6.32. The number of rotatable bonds is 10. The number of nitrogens with one attached hydrogen (secondary N) is 2. The first-order chi connectivity index (χ1) is 15.9. The average molecular weight is 467 g/mol. The van der Waals surface area contributed by atoms with Gasteiger partial charge in [-0.3, -0.25) is 4.79 Å². The van der Waals surface area contributed by atoms with Crippen molar-refractivity contribution in [2.75, 3.05) is 17.7 Å². The van der Waals surface area contributed by atoms with Gasteiger partial charge in [0, 0.05) is 24.3 Å². The second kappa shape index (κ2) is 11.6. The summed E-state index contributed by atoms with van der Waals surface area (Å²) in [4.78, 5) is 12.0. The van der Waals surface area contributed by atoms with E-state index in [0.29, 0.717) is 42.0 Å². The van der Waals surface area contributed by atoms with Crippen molar-refractivity contribution in [3.63, 3.8) is 0 Å². The summed E-state index contributed by atoms with van der Waals surface area (Å²) in [6.07, 6.45) is 0.494. The van der Waals surface area contributed by atoms with Gasteiger partial charge in [0.25, 0.3) is 0 Å². The van der Waals surface area contributed by atoms with Gasteiger partial charge in [0.15, 0.2) is 11.5 Å². The summed E-state index contributed by atoms with van der Waals surface area (Å²) < 4.78 is 11.6. The third kappa shape index (κ3) is 7.16. The lowest BCUT2D eigenvalue weighted by molar-refractivity contribution is -0.116. The van der Waals surface area contributed by atoms with Gasteiger partial charge in [-0.05, 0) is 59.9 Å². The molecule has 174 valence electrons. The van der Waals surface area contributed by atoms with Crippen molar-refractivity contribution in [3.05, 3.63) is 82.4 Å². The lowest BCUT2D eigenvalue weighted by Crippen LogP contribution is -2.13. The first-order valence-electron chi connectivity index (χ1n) is 11.0. The number of hydrogen-bond donors (Lipinski definition) is 2. The molecule has 5 nitrogen and oxygen atoms in total. The molecule has 0 saturated heterocycles. The van der Waals surface area contributed by atoms with Crippen LogP contribution in [0.25, 0.3) is 0 Å². The second-order valence-corrected chi connectivity index (χ2v) is 8.81. The maximum atomic E-state index is 12.0. The van der Waals surface area contributed by atoms with E-state index >= 15 is 0 Å². The monoisotopic (exact) mass is 466 g/mol. The molecule has 0 radical (unpaired) electrons. The molecular weight excluding hydrogens is 436 g/mol. The third-order valence-corrected chi connectivity index (χ3v) is 5.44. The quantitative estimate of drug-likeness (QED) is 0.343. The number of methoxy groups -OCH3 is 1. The van der Waals surface area contributed by atoms with Gasteiger partial charge >= 0.3 is 0 Å². The van der Waals surface area contributed by atoms with Crippen LogP contribution in [0, 0.1) is 12.8 Å². The fourth-order valence-electron chi connectivity index (χ4n) is 3.43. The molecular formula is C27H31ClN2O3. The Hall–Kier alpha value is -3.18. The summed E-state index contributed by atoms with van der Waals surface area (Å²) in [6.45, 7) is 7.05. The summed E-state index contributed by atoms with van der Waals surface area (Å²) in [5.74, 6) is 1.44. The molecule has 33 heavy (non-hydrogen) atoms. The first-order valence-corrected chi connectivity index (χ1v) is 11.4. The summed E-state index contributed by atoms with van der Waals surface area (Å²) in [6, 6.07) is 19.5. The number of hydrogen-bond acceptors (Lipinski definition) is 4. The maximum Gasteiger partial charge on any atom is 0.224 e. The van der Waals surface area contributed by atoms with Crippen molar-refractivity contribution in [1.82, 2.24) is 0 Å². The number of benzene rings is 3. The van der Waals surface area contributed by atoms with Crippen LogP contribution in [-0.4, -0.2) is 13.0 Å². The Labute approximate surface area is 201 Å². The second-order valence-electron chi connectivity index (χ2n) is 8.40. The van der Waals surface area contributed by atoms with Crippen molar-refractivity contribution < 1.29 is 14.3 Å². The Morgan fingerprint density at radius 2 is 1.79 bits per heavy atom. The minimum atomic E-state index is 0.0138. The van der Waals surface area contributed by atoms with Crippen LogP contribution in [0.5, 0.6) is 11.5 Å². The maximum absolute atomic E-state index is 12.0. The van der Waals surface area contributed by atoms with Gasteiger partial charge in [-0.2, -0.15) is 0 Å². The van der Waals surface area contributed by atoms with Gasteiger partial charge in [-0.25, -0.2) is 0 Å². The average Bonchev–Trinajstić information content (AvgIpc) is 2.77. The number of halogens is 1. The molecule has 0 aliphatic rings. The zero-order valence-electron chi connectivity index (χ0n) is 19.6. The molecule has 0 fully saturated rings. The number of carbonyl (C=O) groups excluding carboxylic acids is 1. The molecule has 0 aliphatic carbocycles. The Morgan fingerprint density at radius 1 is 1.03 bits per heavy atom. The molecule has 1 amide bonds. The van der Waals surface area contributed by atoms with Crippen molar-refractivity contribution >= 4 is 28.9 Å². The third-order valence-electron chi connectivity index (χ3n) is 5.16. The van der Waals surface area contributed by atoms with E-state index in [1.807, 2.05) is 68.4 Å². The fraction of sp³-hybridized carbons (Fsp3) is 0.296. The molecule has 0 aliphatic heterocycles. The van der Waals surface area contributed by atoms with E-state index in [-0.39, 0.29) is 5.91 Å². The van der Waals surface area contributed by atoms with Gasteiger partial charge in [0.05, 0.1) is 12.1 Å². The van der Waals surface area contributed by atoms with Crippen molar-refractivity contribution in [2.45, 2.75) is 40.3 Å². The standard InChI is InChI=1S/C27H31ClN2O3/c1-18(2)12-26(31)30-23-11-7-10-22(15-23)29-16-20-13-24(28)27(25(14-20)32-4)33-17-21-9-6-5-8-19(21)3/h5-11,13-15,18,29H,12,16-17H2,1-4H3,(H,30,31). The van der Waals surface area contributed by atoms with Crippen LogP contribution in [0.3, 0.4) is 0 Å². The molecule has 3 aromatic rings. The summed E-state index contributed by atoms with van der Waals surface area (Å²) >= 11 is 6.54. The first kappa shape index (κ1) is 24.5. The van der Waals surface area contributed by atoms with Crippen molar-refractivity contribution in [3.8, 4) is 11.5 Å². The van der Waals surface area contributed by atoms with E-state index in [1.165, 1.54) is 0 Å². The van der Waals surface area contributed by atoms with Gasteiger partial charge in [-0.1, -0.05) is 55.8 Å². The molecule has 3 rings (SSSR count). The molecule has 0 aromatic heterocycles. The Morgan fingerprint density at radius 3 is 2.52 bits per heavy atom. The van der Waals surface area contributed by atoms with Crippen LogP contribution in [-0.2, 0) is 17.9 Å². The van der Waals surface area contributed by atoms with Gasteiger partial charge in [0.1, 0.15) is 6.61 Å². The van der Waals surface area contributed by atoms with Crippen molar-refractivity contribution in [1.29, 1.82) is 0 Å². The predicted molar refractivity (Wildman–Crippen MR) is 135 cm³/mol. The Balaban J connectivity index is 1.66. The highest BCUT2D eigenvalue weighted by Crippen LogP contribution is 2.37. The molecule has 0 unspecified atom stereocenters. The van der Waals surface area contributed by atoms with Gasteiger partial charge in [-0.15, -0.1) is 0 Å². The van der Waals surface area contributed by atoms with E-state index in [9.17, 15) is 4.79 Å². The fourth-order valence-corrected chi connectivity index (χ4v) is 3.72. The number of carbonyl (C=O) groups is 1. The van der Waals surface area contributed by atoms with Crippen LogP contribution in [0.4, 0.5) is 11.4 Å². The van der Waals surface area contributed by atoms with Crippen LogP contribution in [0.2, 0.25) is 5.02 Å². The van der Waals surface area contributed by atoms with Crippen molar-refractivity contribution in [2.24, 2.45) is 5.92 Å². The molecule has 6 heteroatoms. The molecule has 3 aromatic carbocycles. The Bertz CT molecular complexity index is 1100. The summed E-state index contributed by atoms with van der Waals surface area (Å²) in [7, 11) is 1.60. The number of aryl methyl sites for hydroxylation is 1. The molecule has 0 spiro atoms. The van der Waals surface area contributed by atoms with E-state index in [0.717, 1.165) is 28.1 Å². The lowest BCUT2D eigenvalue weighted by Gasteiger charge is -2.16. The van der Waals surface area contributed by atoms with Crippen LogP contribution in [0.1, 0.15) is 37.0 Å². The zero-order chi connectivity index (χ0) is 23.8. The van der Waals surface area contributed by atoms with Gasteiger partial charge < -0.3 is 20.1 Å². The number of anilines is 2.